The highest BCUT2D eigenvalue weighted by Gasteiger charge is 2.41. The van der Waals surface area contributed by atoms with Crippen molar-refractivity contribution in [2.45, 2.75) is 26.2 Å². The van der Waals surface area contributed by atoms with Crippen molar-refractivity contribution >= 4 is 96.2 Å². The molecule has 4 heteroatoms. The van der Waals surface area contributed by atoms with E-state index in [4.69, 9.17) is 0 Å². The Hall–Kier alpha value is -5.53. The van der Waals surface area contributed by atoms with Gasteiger partial charge < -0.3 is 4.90 Å². The zero-order valence-corrected chi connectivity index (χ0v) is 33.8. The molecular weight excluding hydrogens is 703 g/mol. The van der Waals surface area contributed by atoms with Gasteiger partial charge in [-0.15, -0.1) is 11.3 Å². The molecule has 1 aromatic heterocycles. The Bertz CT molecular complexity index is 3000. The van der Waals surface area contributed by atoms with E-state index in [9.17, 15) is 0 Å². The highest BCUT2D eigenvalue weighted by atomic mass is 32.1. The Morgan fingerprint density at radius 3 is 1.93 bits per heavy atom. The van der Waals surface area contributed by atoms with E-state index in [0.29, 0.717) is 0 Å². The van der Waals surface area contributed by atoms with Gasteiger partial charge in [-0.05, 0) is 95.7 Å². The topological polar surface area (TPSA) is 3.24 Å². The minimum absolute atomic E-state index is 1.18. The van der Waals surface area contributed by atoms with Gasteiger partial charge in [-0.25, -0.2) is 0 Å². The number of rotatable bonds is 4. The minimum atomic E-state index is -2.02. The van der Waals surface area contributed by atoms with E-state index < -0.39 is 16.1 Å². The van der Waals surface area contributed by atoms with Crippen LogP contribution in [0.2, 0.25) is 26.2 Å². The van der Waals surface area contributed by atoms with Gasteiger partial charge in [-0.3, -0.25) is 0 Å². The Morgan fingerprint density at radius 2 is 1.06 bits per heavy atom. The summed E-state index contributed by atoms with van der Waals surface area (Å²) in [7, 11) is -3.90. The first-order valence-electron chi connectivity index (χ1n) is 19.0. The third-order valence-corrected chi connectivity index (χ3v) is 20.8. The van der Waals surface area contributed by atoms with Crippen molar-refractivity contribution in [2.24, 2.45) is 0 Å². The maximum atomic E-state index is 2.56. The van der Waals surface area contributed by atoms with Crippen molar-refractivity contribution in [2.75, 3.05) is 4.90 Å². The fourth-order valence-corrected chi connectivity index (χ4v) is 17.3. The van der Waals surface area contributed by atoms with Crippen LogP contribution in [0.5, 0.6) is 0 Å². The highest BCUT2D eigenvalue weighted by molar-refractivity contribution is 7.26. The van der Waals surface area contributed by atoms with Crippen LogP contribution in [0.25, 0.3) is 64.3 Å². The summed E-state index contributed by atoms with van der Waals surface area (Å²) < 4.78 is 2.81. The molecule has 0 fully saturated rings. The Morgan fingerprint density at radius 1 is 0.426 bits per heavy atom. The van der Waals surface area contributed by atoms with Crippen LogP contribution in [0.1, 0.15) is 0 Å². The van der Waals surface area contributed by atoms with Gasteiger partial charge >= 0.3 is 0 Å². The molecule has 258 valence electrons. The molecule has 0 unspecified atom stereocenters. The normalized spacial score (nSPS) is 14.6. The van der Waals surface area contributed by atoms with Crippen molar-refractivity contribution in [1.82, 2.24) is 0 Å². The number of fused-ring (bicyclic) bond motifs is 11. The summed E-state index contributed by atoms with van der Waals surface area (Å²) in [6.07, 6.45) is 0. The molecule has 0 bridgehead atoms. The second-order valence-electron chi connectivity index (χ2n) is 16.1. The van der Waals surface area contributed by atoms with Crippen LogP contribution < -0.4 is 25.6 Å². The maximum absolute atomic E-state index is 2.56. The van der Waals surface area contributed by atoms with Gasteiger partial charge in [0, 0.05) is 37.1 Å². The fourth-order valence-electron chi connectivity index (χ4n) is 9.74. The molecular formula is C50H39NSSi2. The average Bonchev–Trinajstić information content (AvgIpc) is 3.78. The SMILES string of the molecule is C[Si]1(C)c2ccccc2-c2c(N(c3ccc(-c4cccc5ccccc45)cc3)c3ccc4c(c3)[Si](C)(C)c3ccc5c(sc6ccccc65)c3-4)cccc21. The van der Waals surface area contributed by atoms with E-state index in [1.807, 2.05) is 11.3 Å². The molecule has 1 nitrogen and oxygen atoms in total. The van der Waals surface area contributed by atoms with Crippen molar-refractivity contribution < 1.29 is 0 Å². The average molecular weight is 742 g/mol. The van der Waals surface area contributed by atoms with Crippen LogP contribution in [0.4, 0.5) is 17.1 Å². The summed E-state index contributed by atoms with van der Waals surface area (Å²) in [5, 5.41) is 11.4. The first kappa shape index (κ1) is 32.0. The first-order valence-corrected chi connectivity index (χ1v) is 25.8. The fraction of sp³-hybridized carbons (Fsp3) is 0.0800. The van der Waals surface area contributed by atoms with Crippen molar-refractivity contribution in [1.29, 1.82) is 0 Å². The molecule has 0 saturated heterocycles. The predicted molar refractivity (Wildman–Crippen MR) is 241 cm³/mol. The Kier molecular flexibility index (Phi) is 6.80. The lowest BCUT2D eigenvalue weighted by atomic mass is 9.97. The van der Waals surface area contributed by atoms with E-state index >= 15 is 0 Å². The van der Waals surface area contributed by atoms with Gasteiger partial charge in [0.05, 0.1) is 5.69 Å². The molecule has 8 aromatic carbocycles. The second kappa shape index (κ2) is 11.5. The van der Waals surface area contributed by atoms with E-state index in [-0.39, 0.29) is 0 Å². The van der Waals surface area contributed by atoms with Gasteiger partial charge in [0.25, 0.3) is 0 Å². The van der Waals surface area contributed by atoms with E-state index in [1.165, 1.54) is 96.9 Å². The van der Waals surface area contributed by atoms with Crippen LogP contribution in [0.3, 0.4) is 0 Å². The van der Waals surface area contributed by atoms with Crippen molar-refractivity contribution in [3.8, 4) is 33.4 Å². The molecule has 0 atom stereocenters. The third-order valence-electron chi connectivity index (χ3n) is 12.5. The monoisotopic (exact) mass is 741 g/mol. The molecule has 0 saturated carbocycles. The van der Waals surface area contributed by atoms with Gasteiger partial charge in [0.1, 0.15) is 16.1 Å². The summed E-state index contributed by atoms with van der Waals surface area (Å²) in [6, 6.07) is 62.0. The number of hydrogen-bond acceptors (Lipinski definition) is 2. The zero-order valence-electron chi connectivity index (χ0n) is 30.9. The second-order valence-corrected chi connectivity index (χ2v) is 25.8. The third kappa shape index (κ3) is 4.42. The van der Waals surface area contributed by atoms with Crippen LogP contribution in [-0.2, 0) is 0 Å². The molecule has 0 spiro atoms. The number of benzene rings is 8. The Balaban J connectivity index is 1.13. The lowest BCUT2D eigenvalue weighted by Crippen LogP contribution is -2.49. The number of anilines is 3. The summed E-state index contributed by atoms with van der Waals surface area (Å²) in [4.78, 5) is 2.56. The molecule has 2 aliphatic heterocycles. The predicted octanol–water partition coefficient (Wildman–Crippen LogP) is 12.0. The van der Waals surface area contributed by atoms with Crippen LogP contribution in [0, 0.1) is 0 Å². The van der Waals surface area contributed by atoms with Crippen LogP contribution in [-0.4, -0.2) is 16.1 Å². The van der Waals surface area contributed by atoms with Gasteiger partial charge in [0.2, 0.25) is 0 Å². The van der Waals surface area contributed by atoms with E-state index in [2.05, 4.69) is 195 Å². The largest absolute Gasteiger partial charge is 0.310 e. The zero-order chi connectivity index (χ0) is 36.3. The van der Waals surface area contributed by atoms with E-state index in [1.54, 1.807) is 5.19 Å². The van der Waals surface area contributed by atoms with Gasteiger partial charge in [0.15, 0.2) is 0 Å². The smallest absolute Gasteiger partial charge is 0.114 e. The van der Waals surface area contributed by atoms with Crippen LogP contribution in [0.15, 0.2) is 164 Å². The van der Waals surface area contributed by atoms with E-state index in [0.717, 1.165) is 0 Å². The quantitative estimate of drug-likeness (QED) is 0.162. The summed E-state index contributed by atoms with van der Waals surface area (Å²) >= 11 is 1.96. The van der Waals surface area contributed by atoms with Crippen molar-refractivity contribution in [3.63, 3.8) is 0 Å². The lowest BCUT2D eigenvalue weighted by molar-refractivity contribution is 1.29. The molecule has 11 rings (SSSR count). The summed E-state index contributed by atoms with van der Waals surface area (Å²) in [6.45, 7) is 10.1. The first-order chi connectivity index (χ1) is 26.3. The lowest BCUT2D eigenvalue weighted by Gasteiger charge is -2.30. The van der Waals surface area contributed by atoms with Crippen molar-refractivity contribution in [3.05, 3.63) is 164 Å². The highest BCUT2D eigenvalue weighted by Crippen LogP contribution is 2.46. The Labute approximate surface area is 322 Å². The molecule has 0 amide bonds. The summed E-state index contributed by atoms with van der Waals surface area (Å²) in [5.74, 6) is 0. The molecule has 3 heterocycles. The number of nitrogens with zero attached hydrogens (tertiary/aromatic N) is 1. The number of hydrogen-bond donors (Lipinski definition) is 0. The standard InChI is InChI=1S/C50H39NSSi2/c1-53(2)44-21-10-8-17-40(44)48-42(19-12-22-45(48)53)51(34-25-23-33(24-26-34)37-18-11-14-32-13-5-6-15-36(32)37)35-27-28-41-47(31-35)54(3,4)46-30-29-39-38-16-7-9-20-43(38)52-50(39)49(41)46/h5-31H,1-4H3. The molecule has 0 radical (unpaired) electrons. The van der Waals surface area contributed by atoms with Gasteiger partial charge in [-0.2, -0.15) is 0 Å². The molecule has 0 N–H and O–H groups in total. The minimum Gasteiger partial charge on any atom is -0.310 e. The number of thiophene rings is 1. The molecule has 54 heavy (non-hydrogen) atoms. The maximum Gasteiger partial charge on any atom is 0.114 e. The summed E-state index contributed by atoms with van der Waals surface area (Å²) in [5.41, 5.74) is 11.9. The van der Waals surface area contributed by atoms with Crippen LogP contribution >= 0.6 is 11.3 Å². The van der Waals surface area contributed by atoms with Gasteiger partial charge in [-0.1, -0.05) is 154 Å². The molecule has 0 aliphatic carbocycles. The molecule has 9 aromatic rings. The molecule has 2 aliphatic rings.